The highest BCUT2D eigenvalue weighted by atomic mass is 19.1. The molecule has 2 aliphatic rings. The van der Waals surface area contributed by atoms with E-state index in [0.29, 0.717) is 30.8 Å². The third-order valence-corrected chi connectivity index (χ3v) is 6.85. The van der Waals surface area contributed by atoms with Crippen molar-refractivity contribution in [2.45, 2.75) is 64.1 Å². The molecule has 4 rings (SSSR count). The van der Waals surface area contributed by atoms with Gasteiger partial charge in [-0.2, -0.15) is 0 Å². The van der Waals surface area contributed by atoms with E-state index in [1.807, 2.05) is 0 Å². The molecule has 10 heteroatoms. The summed E-state index contributed by atoms with van der Waals surface area (Å²) in [5, 5.41) is 23.0. The highest BCUT2D eigenvalue weighted by Crippen LogP contribution is 2.48. The molecule has 1 saturated carbocycles. The van der Waals surface area contributed by atoms with Crippen molar-refractivity contribution >= 4 is 12.0 Å². The third-order valence-electron chi connectivity index (χ3n) is 6.85. The molecule has 2 amide bonds. The van der Waals surface area contributed by atoms with Gasteiger partial charge in [-0.3, -0.25) is 14.2 Å². The van der Waals surface area contributed by atoms with Crippen LogP contribution in [-0.2, 0) is 18.5 Å². The summed E-state index contributed by atoms with van der Waals surface area (Å²) in [5.74, 6) is -1.36. The van der Waals surface area contributed by atoms with E-state index in [2.05, 4.69) is 10.3 Å². The van der Waals surface area contributed by atoms with Gasteiger partial charge in [-0.15, -0.1) is 0 Å². The molecule has 1 aliphatic carbocycles. The number of carbonyl (C=O) groups is 2. The van der Waals surface area contributed by atoms with E-state index in [1.165, 1.54) is 33.7 Å². The summed E-state index contributed by atoms with van der Waals surface area (Å²) >= 11 is 0. The summed E-state index contributed by atoms with van der Waals surface area (Å²) in [6, 6.07) is 5.58. The van der Waals surface area contributed by atoms with Crippen LogP contribution in [0.4, 0.5) is 9.18 Å². The van der Waals surface area contributed by atoms with Crippen molar-refractivity contribution in [3.8, 4) is 5.75 Å². The summed E-state index contributed by atoms with van der Waals surface area (Å²) in [4.78, 5) is 43.8. The lowest BCUT2D eigenvalue weighted by molar-refractivity contribution is 0.0758. The molecule has 2 aromatic rings. The summed E-state index contributed by atoms with van der Waals surface area (Å²) in [6.45, 7) is 5.98. The Kier molecular flexibility index (Phi) is 5.87. The topological polar surface area (TPSA) is 125 Å². The number of hydrogen-bond acceptors (Lipinski definition) is 5. The lowest BCUT2D eigenvalue weighted by Crippen LogP contribution is -2.54. The van der Waals surface area contributed by atoms with Gasteiger partial charge in [0.1, 0.15) is 11.6 Å². The summed E-state index contributed by atoms with van der Waals surface area (Å²) < 4.78 is 14.5. The van der Waals surface area contributed by atoms with E-state index in [1.54, 1.807) is 20.8 Å². The molecule has 1 aliphatic heterocycles. The molecule has 1 fully saturated rings. The first-order valence-corrected chi connectivity index (χ1v) is 11.3. The number of fused-ring (bicyclic) bond motifs is 4. The molecule has 0 saturated heterocycles. The number of amides is 2. The van der Waals surface area contributed by atoms with E-state index in [-0.39, 0.29) is 24.7 Å². The Balaban J connectivity index is 1.70. The lowest BCUT2D eigenvalue weighted by atomic mass is 9.80. The van der Waals surface area contributed by atoms with Crippen molar-refractivity contribution in [1.29, 1.82) is 0 Å². The van der Waals surface area contributed by atoms with E-state index in [9.17, 15) is 29.0 Å². The molecular weight excluding hydrogens is 443 g/mol. The number of hydrogen-bond donors (Lipinski definition) is 3. The number of halogens is 1. The van der Waals surface area contributed by atoms with Crippen molar-refractivity contribution < 1.29 is 24.2 Å². The van der Waals surface area contributed by atoms with Gasteiger partial charge in [0.05, 0.1) is 0 Å². The van der Waals surface area contributed by atoms with E-state index in [0.717, 1.165) is 6.42 Å². The number of aromatic hydroxyl groups is 1. The molecule has 1 aromatic carbocycles. The highest BCUT2D eigenvalue weighted by molar-refractivity contribution is 5.94. The first-order chi connectivity index (χ1) is 15.9. The Morgan fingerprint density at radius 2 is 1.97 bits per heavy atom. The fraction of sp³-hybridized carbons (Fsp3) is 0.500. The lowest BCUT2D eigenvalue weighted by Gasteiger charge is -2.42. The number of aromatic nitrogens is 2. The normalized spacial score (nSPS) is 21.1. The van der Waals surface area contributed by atoms with Crippen LogP contribution < -0.4 is 10.9 Å². The molecule has 3 N–H and O–H groups in total. The van der Waals surface area contributed by atoms with Crippen LogP contribution in [-0.4, -0.2) is 48.7 Å². The maximum absolute atomic E-state index is 13.1. The molecule has 34 heavy (non-hydrogen) atoms. The average molecular weight is 473 g/mol. The van der Waals surface area contributed by atoms with Crippen LogP contribution in [0.1, 0.15) is 61.9 Å². The average Bonchev–Trinajstić information content (AvgIpc) is 3.11. The fourth-order valence-corrected chi connectivity index (χ4v) is 5.11. The van der Waals surface area contributed by atoms with Gasteiger partial charge in [-0.05, 0) is 63.6 Å². The van der Waals surface area contributed by atoms with Crippen LogP contribution in [0.3, 0.4) is 0 Å². The van der Waals surface area contributed by atoms with Gasteiger partial charge in [0.15, 0.2) is 5.69 Å². The van der Waals surface area contributed by atoms with Crippen LogP contribution in [0.2, 0.25) is 0 Å². The molecule has 2 atom stereocenters. The van der Waals surface area contributed by atoms with Crippen molar-refractivity contribution in [3.05, 3.63) is 57.5 Å². The fourth-order valence-electron chi connectivity index (χ4n) is 5.11. The number of benzene rings is 1. The zero-order valence-corrected chi connectivity index (χ0v) is 19.5. The van der Waals surface area contributed by atoms with Gasteiger partial charge in [-0.1, -0.05) is 12.1 Å². The minimum atomic E-state index is -1.07. The summed E-state index contributed by atoms with van der Waals surface area (Å²) in [7, 11) is 0. The molecule has 182 valence electrons. The maximum atomic E-state index is 13.1. The zero-order valence-electron chi connectivity index (χ0n) is 19.5. The first kappa shape index (κ1) is 23.7. The Hall–Kier alpha value is -3.43. The smallest absolute Gasteiger partial charge is 0.407 e. The second kappa shape index (κ2) is 8.41. The first-order valence-electron chi connectivity index (χ1n) is 11.3. The Bertz CT molecular complexity index is 1190. The largest absolute Gasteiger partial charge is 0.501 e. The molecular formula is C24H29FN4O5. The number of carboxylic acid groups (broad SMARTS) is 1. The molecule has 0 spiro atoms. The molecule has 0 radical (unpaired) electrons. The van der Waals surface area contributed by atoms with Crippen molar-refractivity contribution in [3.63, 3.8) is 0 Å². The molecule has 1 aromatic heterocycles. The number of nitrogens with one attached hydrogen (secondary N) is 1. The minimum absolute atomic E-state index is 0.0582. The van der Waals surface area contributed by atoms with Crippen LogP contribution in [0.25, 0.3) is 0 Å². The van der Waals surface area contributed by atoms with Crippen molar-refractivity contribution in [2.75, 3.05) is 6.54 Å². The number of carbonyl (C=O) groups excluding carboxylic acids is 1. The number of nitrogens with zero attached hydrogens (tertiary/aromatic N) is 3. The maximum Gasteiger partial charge on any atom is 0.407 e. The van der Waals surface area contributed by atoms with Gasteiger partial charge < -0.3 is 20.4 Å². The van der Waals surface area contributed by atoms with Gasteiger partial charge in [0, 0.05) is 30.6 Å². The van der Waals surface area contributed by atoms with E-state index < -0.39 is 40.1 Å². The molecule has 9 nitrogen and oxygen atoms in total. The zero-order chi connectivity index (χ0) is 24.8. The predicted molar refractivity (Wildman–Crippen MR) is 121 cm³/mol. The monoisotopic (exact) mass is 472 g/mol. The van der Waals surface area contributed by atoms with E-state index in [4.69, 9.17) is 0 Å². The standard InChI is InChI=1S/C24H29FN4O5/c1-23(2,3)29(22(33)34)13-24-9-8-15(10-24)12-28-20(32)18(30)17(27-21(24)28)19(31)26-11-14-4-6-16(25)7-5-14/h4-7,15,30H,8-13H2,1-3H3,(H,26,31)(H,33,34). The molecule has 2 heterocycles. The van der Waals surface area contributed by atoms with Crippen LogP contribution in [0.15, 0.2) is 29.1 Å². The Morgan fingerprint density at radius 1 is 1.29 bits per heavy atom. The SMILES string of the molecule is CC(C)(C)N(CC12CCC(Cn3c1nc(C(=O)NCc1ccc(F)cc1)c(O)c3=O)C2)C(=O)O. The Labute approximate surface area is 196 Å². The van der Waals surface area contributed by atoms with Crippen molar-refractivity contribution in [1.82, 2.24) is 19.8 Å². The second-order valence-electron chi connectivity index (χ2n) is 10.3. The van der Waals surface area contributed by atoms with Crippen LogP contribution in [0, 0.1) is 11.7 Å². The summed E-state index contributed by atoms with van der Waals surface area (Å²) in [6.07, 6.45) is 1.01. The quantitative estimate of drug-likeness (QED) is 0.615. The summed E-state index contributed by atoms with van der Waals surface area (Å²) in [5.41, 5.74) is -1.85. The van der Waals surface area contributed by atoms with E-state index >= 15 is 0 Å². The second-order valence-corrected chi connectivity index (χ2v) is 10.3. The van der Waals surface area contributed by atoms with Crippen LogP contribution in [0.5, 0.6) is 5.75 Å². The number of rotatable bonds is 5. The van der Waals surface area contributed by atoms with Gasteiger partial charge in [0.2, 0.25) is 5.75 Å². The highest BCUT2D eigenvalue weighted by Gasteiger charge is 2.51. The van der Waals surface area contributed by atoms with Gasteiger partial charge in [0.25, 0.3) is 11.5 Å². The Morgan fingerprint density at radius 3 is 2.59 bits per heavy atom. The molecule has 2 bridgehead atoms. The van der Waals surface area contributed by atoms with Gasteiger partial charge >= 0.3 is 6.09 Å². The van der Waals surface area contributed by atoms with Crippen LogP contribution >= 0.6 is 0 Å². The van der Waals surface area contributed by atoms with Crippen molar-refractivity contribution in [2.24, 2.45) is 5.92 Å². The minimum Gasteiger partial charge on any atom is -0.501 e. The predicted octanol–water partition coefficient (Wildman–Crippen LogP) is 2.85. The molecule has 2 unspecified atom stereocenters. The third kappa shape index (κ3) is 4.24. The van der Waals surface area contributed by atoms with Gasteiger partial charge in [-0.25, -0.2) is 14.2 Å².